The smallest absolute Gasteiger partial charge is 0.227 e. The molecule has 0 bridgehead atoms. The molecule has 0 amide bonds. The molecule has 2 aliphatic heterocycles. The number of nitrogens with one attached hydrogen (secondary N) is 1. The van der Waals surface area contributed by atoms with Crippen molar-refractivity contribution in [1.82, 2.24) is 14.9 Å². The molecule has 7 heteroatoms. The van der Waals surface area contributed by atoms with E-state index in [2.05, 4.69) is 53.2 Å². The Kier molecular flexibility index (Phi) is 6.91. The van der Waals surface area contributed by atoms with Crippen molar-refractivity contribution < 1.29 is 5.11 Å². The topological polar surface area (TPSA) is 64.5 Å². The fourth-order valence-electron chi connectivity index (χ4n) is 5.38. The Morgan fingerprint density at radius 1 is 1.12 bits per heavy atom. The summed E-state index contributed by atoms with van der Waals surface area (Å²) in [6, 6.07) is 14.4. The highest BCUT2D eigenvalue weighted by atomic mass is 35.5. The number of aliphatic hydroxyl groups is 1. The molecule has 0 aliphatic carbocycles. The fraction of sp³-hybridized carbons (Fsp3) is 0.481. The van der Waals surface area contributed by atoms with Gasteiger partial charge >= 0.3 is 0 Å². The predicted octanol–water partition coefficient (Wildman–Crippen LogP) is 4.91. The van der Waals surface area contributed by atoms with Crippen molar-refractivity contribution in [3.63, 3.8) is 0 Å². The van der Waals surface area contributed by atoms with Crippen LogP contribution in [0, 0.1) is 18.8 Å². The zero-order valence-electron chi connectivity index (χ0n) is 20.0. The van der Waals surface area contributed by atoms with Crippen molar-refractivity contribution in [2.24, 2.45) is 11.8 Å². The number of nitrogens with zero attached hydrogens (tertiary/aromatic N) is 4. The average molecular weight is 480 g/mol. The van der Waals surface area contributed by atoms with Gasteiger partial charge in [0.2, 0.25) is 5.95 Å². The SMILES string of the molecule is Cc1ccc(C(C)Nc2nc(N3CC(C4CCCN(CCO)C4)C3)nc3ccccc23)c(Cl)c1. The number of piperidine rings is 1. The molecule has 3 aromatic rings. The first-order valence-electron chi connectivity index (χ1n) is 12.4. The largest absolute Gasteiger partial charge is 0.395 e. The maximum atomic E-state index is 9.30. The van der Waals surface area contributed by atoms with Gasteiger partial charge in [-0.2, -0.15) is 4.98 Å². The Hall–Kier alpha value is -2.41. The highest BCUT2D eigenvalue weighted by molar-refractivity contribution is 6.31. The van der Waals surface area contributed by atoms with Crippen LogP contribution in [0.3, 0.4) is 0 Å². The van der Waals surface area contributed by atoms with E-state index < -0.39 is 0 Å². The summed E-state index contributed by atoms with van der Waals surface area (Å²) >= 11 is 6.54. The number of fused-ring (bicyclic) bond motifs is 1. The van der Waals surface area contributed by atoms with Gasteiger partial charge in [-0.05, 0) is 74.4 Å². The quantitative estimate of drug-likeness (QED) is 0.502. The van der Waals surface area contributed by atoms with Gasteiger partial charge in [0.05, 0.1) is 18.2 Å². The number of para-hydroxylation sites is 1. The van der Waals surface area contributed by atoms with E-state index in [-0.39, 0.29) is 12.6 Å². The van der Waals surface area contributed by atoms with Crippen molar-refractivity contribution in [2.45, 2.75) is 32.7 Å². The standard InChI is InChI=1S/C27H34ClN5O/c1-18-9-10-22(24(28)14-18)19(2)29-26-23-7-3-4-8-25(23)30-27(31-26)33-16-21(17-33)20-6-5-11-32(15-20)12-13-34/h3-4,7-10,14,19-21,34H,5-6,11-13,15-17H2,1-2H3,(H,29,30,31). The third-order valence-corrected chi connectivity index (χ3v) is 7.71. The van der Waals surface area contributed by atoms with E-state index in [0.717, 1.165) is 71.5 Å². The number of aryl methyl sites for hydroxylation is 1. The number of halogens is 1. The molecule has 2 aliphatic rings. The van der Waals surface area contributed by atoms with E-state index in [4.69, 9.17) is 21.6 Å². The first-order chi connectivity index (χ1) is 16.5. The Balaban J connectivity index is 1.33. The summed E-state index contributed by atoms with van der Waals surface area (Å²) < 4.78 is 0. The summed E-state index contributed by atoms with van der Waals surface area (Å²) in [7, 11) is 0. The van der Waals surface area contributed by atoms with Gasteiger partial charge in [-0.15, -0.1) is 0 Å². The van der Waals surface area contributed by atoms with Gasteiger partial charge in [-0.1, -0.05) is 35.9 Å². The molecule has 3 heterocycles. The molecule has 34 heavy (non-hydrogen) atoms. The van der Waals surface area contributed by atoms with Crippen LogP contribution in [-0.4, -0.2) is 59.3 Å². The molecule has 5 rings (SSSR count). The fourth-order valence-corrected chi connectivity index (χ4v) is 5.78. The van der Waals surface area contributed by atoms with Crippen LogP contribution in [-0.2, 0) is 0 Å². The minimum Gasteiger partial charge on any atom is -0.395 e. The second-order valence-corrected chi connectivity index (χ2v) is 10.3. The van der Waals surface area contributed by atoms with E-state index in [1.54, 1.807) is 0 Å². The van der Waals surface area contributed by atoms with Gasteiger partial charge in [-0.25, -0.2) is 4.98 Å². The van der Waals surface area contributed by atoms with Gasteiger partial charge in [0.15, 0.2) is 0 Å². The van der Waals surface area contributed by atoms with E-state index in [9.17, 15) is 5.11 Å². The summed E-state index contributed by atoms with van der Waals surface area (Å²) in [5.74, 6) is 3.00. The third-order valence-electron chi connectivity index (χ3n) is 7.38. The second kappa shape index (κ2) is 10.1. The first kappa shape index (κ1) is 23.3. The number of rotatable bonds is 7. The zero-order valence-corrected chi connectivity index (χ0v) is 20.8. The second-order valence-electron chi connectivity index (χ2n) is 9.87. The van der Waals surface area contributed by atoms with E-state index in [1.165, 1.54) is 12.8 Å². The Bertz CT molecular complexity index is 1150. The summed E-state index contributed by atoms with van der Waals surface area (Å²) in [6.07, 6.45) is 2.50. The number of anilines is 2. The number of β-amino-alcohol motifs (C(OH)–C–C–N with tert-alkyl or cyclic N) is 1. The molecule has 2 saturated heterocycles. The molecule has 6 nitrogen and oxygen atoms in total. The number of hydrogen-bond donors (Lipinski definition) is 2. The molecule has 2 unspecified atom stereocenters. The predicted molar refractivity (Wildman–Crippen MR) is 140 cm³/mol. The lowest BCUT2D eigenvalue weighted by Crippen LogP contribution is -2.54. The van der Waals surface area contributed by atoms with Crippen molar-refractivity contribution in [3.8, 4) is 0 Å². The lowest BCUT2D eigenvalue weighted by molar-refractivity contribution is 0.101. The highest BCUT2D eigenvalue weighted by Gasteiger charge is 2.37. The van der Waals surface area contributed by atoms with Crippen molar-refractivity contribution in [1.29, 1.82) is 0 Å². The summed E-state index contributed by atoms with van der Waals surface area (Å²) in [6.45, 7) is 9.40. The van der Waals surface area contributed by atoms with Gasteiger partial charge < -0.3 is 20.2 Å². The van der Waals surface area contributed by atoms with Crippen molar-refractivity contribution in [2.75, 3.05) is 49.5 Å². The number of benzene rings is 2. The monoisotopic (exact) mass is 479 g/mol. The summed E-state index contributed by atoms with van der Waals surface area (Å²) in [5.41, 5.74) is 3.17. The van der Waals surface area contributed by atoms with Crippen molar-refractivity contribution >= 4 is 34.3 Å². The maximum absolute atomic E-state index is 9.30. The van der Waals surface area contributed by atoms with Gasteiger partial charge in [-0.3, -0.25) is 0 Å². The number of likely N-dealkylation sites (tertiary alicyclic amines) is 1. The van der Waals surface area contributed by atoms with Gasteiger partial charge in [0.25, 0.3) is 0 Å². The number of aromatic nitrogens is 2. The molecule has 2 aromatic carbocycles. The van der Waals surface area contributed by atoms with Crippen LogP contribution >= 0.6 is 11.6 Å². The van der Waals surface area contributed by atoms with Crippen LogP contribution in [0.25, 0.3) is 10.9 Å². The minimum atomic E-state index is 0.0168. The van der Waals surface area contributed by atoms with Crippen LogP contribution in [0.5, 0.6) is 0 Å². The molecular weight excluding hydrogens is 446 g/mol. The molecule has 2 N–H and O–H groups in total. The molecule has 0 saturated carbocycles. The molecule has 0 spiro atoms. The maximum Gasteiger partial charge on any atom is 0.227 e. The van der Waals surface area contributed by atoms with Crippen molar-refractivity contribution in [3.05, 3.63) is 58.6 Å². The van der Waals surface area contributed by atoms with E-state index in [1.807, 2.05) is 18.2 Å². The van der Waals surface area contributed by atoms with E-state index >= 15 is 0 Å². The lowest BCUT2D eigenvalue weighted by atomic mass is 9.81. The highest BCUT2D eigenvalue weighted by Crippen LogP contribution is 2.35. The molecule has 2 atom stereocenters. The average Bonchev–Trinajstić information content (AvgIpc) is 2.78. The van der Waals surface area contributed by atoms with Gasteiger partial charge in [0, 0.05) is 36.6 Å². The first-order valence-corrected chi connectivity index (χ1v) is 12.8. The third kappa shape index (κ3) is 4.85. The molecule has 2 fully saturated rings. The molecular formula is C27H34ClN5O. The van der Waals surface area contributed by atoms with Crippen LogP contribution in [0.4, 0.5) is 11.8 Å². The van der Waals surface area contributed by atoms with E-state index in [0.29, 0.717) is 11.8 Å². The van der Waals surface area contributed by atoms with Gasteiger partial charge in [0.1, 0.15) is 5.82 Å². The van der Waals surface area contributed by atoms with Crippen LogP contribution < -0.4 is 10.2 Å². The van der Waals surface area contributed by atoms with Crippen LogP contribution in [0.15, 0.2) is 42.5 Å². The molecule has 180 valence electrons. The van der Waals surface area contributed by atoms with Crippen LogP contribution in [0.1, 0.15) is 36.9 Å². The summed E-state index contributed by atoms with van der Waals surface area (Å²) in [4.78, 5) is 14.6. The summed E-state index contributed by atoms with van der Waals surface area (Å²) in [5, 5.41) is 14.7. The van der Waals surface area contributed by atoms with Crippen LogP contribution in [0.2, 0.25) is 5.02 Å². The normalized spacial score (nSPS) is 20.4. The number of aliphatic hydroxyl groups excluding tert-OH is 1. The Morgan fingerprint density at radius 2 is 1.94 bits per heavy atom. The molecule has 0 radical (unpaired) electrons. The number of hydrogen-bond acceptors (Lipinski definition) is 6. The zero-order chi connectivity index (χ0) is 23.7. The lowest BCUT2D eigenvalue weighted by Gasteiger charge is -2.46. The minimum absolute atomic E-state index is 0.0168. The molecule has 1 aromatic heterocycles. The Morgan fingerprint density at radius 3 is 2.74 bits per heavy atom. The Labute approximate surface area is 207 Å².